The van der Waals surface area contributed by atoms with E-state index in [-0.39, 0.29) is 21.3 Å². The number of carboxylic acids is 1. The Kier molecular flexibility index (Phi) is 4.91. The second-order valence-corrected chi connectivity index (χ2v) is 6.15. The first-order valence-corrected chi connectivity index (χ1v) is 7.66. The molecule has 2 aromatic carbocycles. The molecule has 2 rings (SSSR count). The Morgan fingerprint density at radius 1 is 1.43 bits per heavy atom. The number of nitrogens with zero attached hydrogens (tertiary/aromatic N) is 1. The third-order valence-electron chi connectivity index (χ3n) is 3.55. The predicted octanol–water partition coefficient (Wildman–Crippen LogP) is 4.44. The molecule has 1 atom stereocenters. The summed E-state index contributed by atoms with van der Waals surface area (Å²) in [5.41, 5.74) is 5.67. The topological polar surface area (TPSA) is 106 Å². The highest BCUT2D eigenvalue weighted by Crippen LogP contribution is 2.43. The van der Waals surface area contributed by atoms with Crippen LogP contribution in [0.3, 0.4) is 0 Å². The minimum Gasteiger partial charge on any atom is -0.478 e. The van der Waals surface area contributed by atoms with Crippen LogP contribution in [-0.2, 0) is 0 Å². The summed E-state index contributed by atoms with van der Waals surface area (Å²) in [5, 5.41) is 21.3. The highest BCUT2D eigenvalue weighted by molar-refractivity contribution is 9.10. The molecule has 120 valence electrons. The van der Waals surface area contributed by atoms with E-state index < -0.39 is 22.5 Å². The van der Waals surface area contributed by atoms with E-state index in [4.69, 9.17) is 17.3 Å². The Balaban J connectivity index is 2.83. The van der Waals surface area contributed by atoms with Gasteiger partial charge in [0.25, 0.3) is 5.69 Å². The number of aromatic carboxylic acids is 1. The van der Waals surface area contributed by atoms with Crippen molar-refractivity contribution < 1.29 is 14.8 Å². The van der Waals surface area contributed by atoms with Gasteiger partial charge in [-0.15, -0.1) is 0 Å². The van der Waals surface area contributed by atoms with Gasteiger partial charge < -0.3 is 10.8 Å². The lowest BCUT2D eigenvalue weighted by Crippen LogP contribution is -2.12. The molecule has 0 amide bonds. The van der Waals surface area contributed by atoms with Gasteiger partial charge in [0.15, 0.2) is 0 Å². The van der Waals surface area contributed by atoms with Crippen LogP contribution in [0.2, 0.25) is 5.02 Å². The van der Waals surface area contributed by atoms with E-state index in [0.717, 1.165) is 0 Å². The van der Waals surface area contributed by atoms with Gasteiger partial charge in [-0.1, -0.05) is 36.7 Å². The predicted molar refractivity (Wildman–Crippen MR) is 91.1 cm³/mol. The Hall–Kier alpha value is -2.12. The Labute approximate surface area is 145 Å². The molecule has 0 aliphatic carbocycles. The van der Waals surface area contributed by atoms with E-state index in [0.29, 0.717) is 10.6 Å². The zero-order valence-corrected chi connectivity index (χ0v) is 14.3. The van der Waals surface area contributed by atoms with Crippen LogP contribution in [0.5, 0.6) is 0 Å². The van der Waals surface area contributed by atoms with Gasteiger partial charge in [-0.25, -0.2) is 4.79 Å². The van der Waals surface area contributed by atoms with Gasteiger partial charge in [-0.05, 0) is 33.6 Å². The Morgan fingerprint density at radius 3 is 2.57 bits per heavy atom. The molecule has 0 aliphatic heterocycles. The van der Waals surface area contributed by atoms with Crippen LogP contribution in [0, 0.1) is 10.1 Å². The molecule has 0 saturated carbocycles. The quantitative estimate of drug-likeness (QED) is 0.449. The van der Waals surface area contributed by atoms with Crippen molar-refractivity contribution in [2.24, 2.45) is 0 Å². The first-order chi connectivity index (χ1) is 10.8. The largest absolute Gasteiger partial charge is 0.478 e. The van der Waals surface area contributed by atoms with Crippen molar-refractivity contribution in [2.75, 3.05) is 5.73 Å². The maximum Gasteiger partial charge on any atom is 0.336 e. The second kappa shape index (κ2) is 6.55. The van der Waals surface area contributed by atoms with Gasteiger partial charge in [-0.2, -0.15) is 0 Å². The molecule has 0 radical (unpaired) electrons. The first kappa shape index (κ1) is 17.2. The molecule has 0 bridgehead atoms. The summed E-state index contributed by atoms with van der Waals surface area (Å²) in [6.45, 7) is 1.66. The number of hydrogen-bond donors (Lipinski definition) is 2. The van der Waals surface area contributed by atoms with Crippen LogP contribution in [0.25, 0.3) is 0 Å². The molecule has 0 saturated heterocycles. The summed E-state index contributed by atoms with van der Waals surface area (Å²) in [6, 6.07) is 8.06. The maximum atomic E-state index is 11.6. The van der Waals surface area contributed by atoms with Crippen LogP contribution in [0.1, 0.15) is 34.3 Å². The molecule has 0 spiro atoms. The first-order valence-electron chi connectivity index (χ1n) is 6.49. The monoisotopic (exact) mass is 398 g/mol. The van der Waals surface area contributed by atoms with Crippen LogP contribution in [0.4, 0.5) is 11.4 Å². The fourth-order valence-corrected chi connectivity index (χ4v) is 3.18. The van der Waals surface area contributed by atoms with E-state index in [9.17, 15) is 20.0 Å². The van der Waals surface area contributed by atoms with Gasteiger partial charge in [0, 0.05) is 15.4 Å². The molecular weight excluding hydrogens is 388 g/mol. The van der Waals surface area contributed by atoms with Crippen molar-refractivity contribution in [3.8, 4) is 0 Å². The summed E-state index contributed by atoms with van der Waals surface area (Å²) in [6.07, 6.45) is 0. The maximum absolute atomic E-state index is 11.6. The number of nitro groups is 1. The second-order valence-electron chi connectivity index (χ2n) is 4.89. The lowest BCUT2D eigenvalue weighted by Gasteiger charge is -2.18. The molecule has 0 aliphatic rings. The van der Waals surface area contributed by atoms with Crippen LogP contribution >= 0.6 is 27.5 Å². The number of rotatable bonds is 4. The summed E-state index contributed by atoms with van der Waals surface area (Å²) in [5.74, 6) is -1.90. The van der Waals surface area contributed by atoms with Gasteiger partial charge >= 0.3 is 5.97 Å². The third-order valence-corrected chi connectivity index (χ3v) is 4.55. The van der Waals surface area contributed by atoms with Crippen molar-refractivity contribution in [2.45, 2.75) is 12.8 Å². The van der Waals surface area contributed by atoms with Crippen molar-refractivity contribution in [1.29, 1.82) is 0 Å². The normalized spacial score (nSPS) is 12.0. The number of halogens is 2. The number of anilines is 1. The molecule has 0 heterocycles. The lowest BCUT2D eigenvalue weighted by molar-refractivity contribution is -0.384. The fourth-order valence-electron chi connectivity index (χ4n) is 2.46. The number of nitrogen functional groups attached to an aromatic ring is 1. The smallest absolute Gasteiger partial charge is 0.336 e. The molecule has 3 N–H and O–H groups in total. The number of hydrogen-bond acceptors (Lipinski definition) is 4. The fraction of sp³-hybridized carbons (Fsp3) is 0.133. The van der Waals surface area contributed by atoms with Crippen LogP contribution in [-0.4, -0.2) is 16.0 Å². The zero-order valence-electron chi connectivity index (χ0n) is 11.9. The lowest BCUT2D eigenvalue weighted by atomic mass is 9.87. The minimum atomic E-state index is -1.28. The van der Waals surface area contributed by atoms with Crippen LogP contribution < -0.4 is 5.73 Å². The number of carbonyl (C=O) groups is 1. The van der Waals surface area contributed by atoms with E-state index >= 15 is 0 Å². The molecule has 8 heteroatoms. The summed E-state index contributed by atoms with van der Waals surface area (Å²) >= 11 is 9.21. The molecule has 0 fully saturated rings. The van der Waals surface area contributed by atoms with Crippen LogP contribution in [0.15, 0.2) is 34.8 Å². The number of benzene rings is 2. The van der Waals surface area contributed by atoms with E-state index in [1.54, 1.807) is 31.2 Å². The zero-order chi connectivity index (χ0) is 17.3. The average molecular weight is 400 g/mol. The SMILES string of the molecule is CC(c1ccccc1Cl)c1c(C(=O)O)cc(Br)c(N)c1[N+](=O)[O-]. The van der Waals surface area contributed by atoms with E-state index in [2.05, 4.69) is 15.9 Å². The number of nitro benzene ring substituents is 1. The van der Waals surface area contributed by atoms with E-state index in [1.807, 2.05) is 0 Å². The Bertz CT molecular complexity index is 810. The Morgan fingerprint density at radius 2 is 2.04 bits per heavy atom. The number of carboxylic acid groups (broad SMARTS) is 1. The molecule has 2 aromatic rings. The molecule has 6 nitrogen and oxygen atoms in total. The van der Waals surface area contributed by atoms with Crippen molar-refractivity contribution >= 4 is 44.9 Å². The summed E-state index contributed by atoms with van der Waals surface area (Å²) < 4.78 is 0.164. The summed E-state index contributed by atoms with van der Waals surface area (Å²) in [4.78, 5) is 22.4. The van der Waals surface area contributed by atoms with Gasteiger partial charge in [-0.3, -0.25) is 10.1 Å². The van der Waals surface area contributed by atoms with E-state index in [1.165, 1.54) is 6.07 Å². The minimum absolute atomic E-state index is 0.0244. The third kappa shape index (κ3) is 3.16. The molecule has 1 unspecified atom stereocenters. The number of nitrogens with two attached hydrogens (primary N) is 1. The van der Waals surface area contributed by atoms with Gasteiger partial charge in [0.2, 0.25) is 0 Å². The van der Waals surface area contributed by atoms with Gasteiger partial charge in [0.1, 0.15) is 5.69 Å². The standard InChI is InChI=1S/C15H12BrClN2O4/c1-7(8-4-2-3-5-11(8)17)12-9(15(20)21)6-10(16)13(18)14(12)19(22)23/h2-7H,18H2,1H3,(H,20,21). The van der Waals surface area contributed by atoms with Crippen molar-refractivity contribution in [1.82, 2.24) is 0 Å². The van der Waals surface area contributed by atoms with Crippen molar-refractivity contribution in [3.63, 3.8) is 0 Å². The van der Waals surface area contributed by atoms with Gasteiger partial charge in [0.05, 0.1) is 16.1 Å². The molecular formula is C15H12BrClN2O4. The highest BCUT2D eigenvalue weighted by atomic mass is 79.9. The highest BCUT2D eigenvalue weighted by Gasteiger charge is 2.31. The molecule has 0 aromatic heterocycles. The van der Waals surface area contributed by atoms with Crippen molar-refractivity contribution in [3.05, 3.63) is 66.6 Å². The summed E-state index contributed by atoms with van der Waals surface area (Å²) in [7, 11) is 0. The average Bonchev–Trinajstić information content (AvgIpc) is 2.48. The molecule has 23 heavy (non-hydrogen) atoms.